The van der Waals surface area contributed by atoms with Gasteiger partial charge in [0, 0.05) is 25.0 Å². The Morgan fingerprint density at radius 1 is 0.898 bits per heavy atom. The number of amides is 5. The Morgan fingerprint density at radius 2 is 1.63 bits per heavy atom. The molecule has 49 heavy (non-hydrogen) atoms. The van der Waals surface area contributed by atoms with Gasteiger partial charge in [0.2, 0.25) is 23.5 Å². The first kappa shape index (κ1) is 36.4. The molecule has 5 rings (SSSR count). The third kappa shape index (κ3) is 8.83. The van der Waals surface area contributed by atoms with Crippen LogP contribution in [0.25, 0.3) is 0 Å². The third-order valence-corrected chi connectivity index (χ3v) is 10.7. The Morgan fingerprint density at radius 3 is 2.27 bits per heavy atom. The predicted octanol–water partition coefficient (Wildman–Crippen LogP) is 2.45. The summed E-state index contributed by atoms with van der Waals surface area (Å²) in [6.07, 6.45) is 13.9. The minimum Gasteiger partial charge on any atom is -0.347 e. The molecule has 268 valence electrons. The maximum atomic E-state index is 14.6. The van der Waals surface area contributed by atoms with E-state index in [1.54, 1.807) is 4.90 Å². The lowest BCUT2D eigenvalue weighted by molar-refractivity contribution is -0.146. The van der Waals surface area contributed by atoms with E-state index in [-0.39, 0.29) is 35.4 Å². The molecule has 13 heteroatoms. The monoisotopic (exact) mass is 679 g/mol. The van der Waals surface area contributed by atoms with Crippen molar-refractivity contribution < 1.29 is 28.8 Å². The summed E-state index contributed by atoms with van der Waals surface area (Å²) < 4.78 is 0. The standard InChI is InChI=1S/C36H53N7O6/c1-5-10-25(29(44)34(48)39-23-15-16-23)40-33(47)28-24-14-9-13-22(24)20-43(28)35(49)30(36(2,3)4)42-32(46)27(21-11-7-6-8-12-21)41-31(45)26-19-37-17-18-38-26/h17-19,21-25,27-28,30H,5-16,20H2,1-4H3,(H,39,48)(H,40,47)(H,41,45)(H,42,46)/t22?,24-,25+,27-,28-,30-/m0/s1. The summed E-state index contributed by atoms with van der Waals surface area (Å²) in [5.74, 6) is -3.20. The molecule has 1 aromatic heterocycles. The third-order valence-electron chi connectivity index (χ3n) is 10.7. The summed E-state index contributed by atoms with van der Waals surface area (Å²) >= 11 is 0. The number of aromatic nitrogens is 2. The smallest absolute Gasteiger partial charge is 0.289 e. The van der Waals surface area contributed by atoms with Crippen molar-refractivity contribution in [3.63, 3.8) is 0 Å². The van der Waals surface area contributed by atoms with Crippen molar-refractivity contribution in [1.82, 2.24) is 36.1 Å². The Bertz CT molecular complexity index is 1390. The summed E-state index contributed by atoms with van der Waals surface area (Å²) in [5, 5.41) is 11.5. The van der Waals surface area contributed by atoms with Crippen molar-refractivity contribution in [3.05, 3.63) is 24.3 Å². The molecule has 0 aromatic carbocycles. The van der Waals surface area contributed by atoms with Crippen LogP contribution in [0.3, 0.4) is 0 Å². The molecule has 4 N–H and O–H groups in total. The van der Waals surface area contributed by atoms with Gasteiger partial charge in [-0.25, -0.2) is 4.98 Å². The van der Waals surface area contributed by atoms with Gasteiger partial charge >= 0.3 is 0 Å². The topological polar surface area (TPSA) is 180 Å². The zero-order chi connectivity index (χ0) is 35.3. The molecule has 0 radical (unpaired) electrons. The number of carbonyl (C=O) groups is 6. The van der Waals surface area contributed by atoms with Gasteiger partial charge < -0.3 is 26.2 Å². The predicted molar refractivity (Wildman–Crippen MR) is 181 cm³/mol. The first-order chi connectivity index (χ1) is 23.4. The first-order valence-corrected chi connectivity index (χ1v) is 18.2. The molecule has 6 atom stereocenters. The Balaban J connectivity index is 1.36. The van der Waals surface area contributed by atoms with Crippen molar-refractivity contribution in [1.29, 1.82) is 0 Å². The van der Waals surface area contributed by atoms with Crippen molar-refractivity contribution in [2.75, 3.05) is 6.54 Å². The van der Waals surface area contributed by atoms with Gasteiger partial charge in [0.1, 0.15) is 23.8 Å². The highest BCUT2D eigenvalue weighted by Gasteiger charge is 2.52. The van der Waals surface area contributed by atoms with Crippen molar-refractivity contribution >= 4 is 35.3 Å². The van der Waals surface area contributed by atoms with Gasteiger partial charge in [0.15, 0.2) is 0 Å². The van der Waals surface area contributed by atoms with E-state index in [2.05, 4.69) is 31.2 Å². The van der Waals surface area contributed by atoms with E-state index in [0.717, 1.165) is 64.2 Å². The van der Waals surface area contributed by atoms with Crippen LogP contribution in [-0.2, 0) is 24.0 Å². The molecule has 0 bridgehead atoms. The molecule has 4 aliphatic rings. The van der Waals surface area contributed by atoms with E-state index in [1.165, 1.54) is 18.6 Å². The number of hydrogen-bond donors (Lipinski definition) is 4. The lowest BCUT2D eigenvalue weighted by atomic mass is 9.82. The second-order valence-corrected chi connectivity index (χ2v) is 15.5. The van der Waals surface area contributed by atoms with Gasteiger partial charge in [-0.05, 0) is 68.1 Å². The lowest BCUT2D eigenvalue weighted by Crippen LogP contribution is -2.62. The minimum atomic E-state index is -0.994. The summed E-state index contributed by atoms with van der Waals surface area (Å²) in [5.41, 5.74) is -0.638. The zero-order valence-electron chi connectivity index (χ0n) is 29.3. The van der Waals surface area contributed by atoms with Crippen molar-refractivity contribution in [2.24, 2.45) is 23.2 Å². The summed E-state index contributed by atoms with van der Waals surface area (Å²) in [4.78, 5) is 91.4. The fraction of sp³-hybridized carbons (Fsp3) is 0.722. The SMILES string of the molecule is CCC[C@@H](NC(=O)[C@@H]1[C@H]2CCCC2CN1C(=O)[C@H](NC(=O)[C@@H](NC(=O)c1cnccn1)C1CCCCC1)C(C)(C)C)C(=O)C(=O)NC1CC1. The Kier molecular flexibility index (Phi) is 11.7. The Hall–Kier alpha value is -3.90. The maximum absolute atomic E-state index is 14.6. The second-order valence-electron chi connectivity index (χ2n) is 15.5. The quantitative estimate of drug-likeness (QED) is 0.230. The number of rotatable bonds is 13. The molecule has 2 heterocycles. The molecule has 1 aliphatic heterocycles. The number of hydrogen-bond acceptors (Lipinski definition) is 8. The molecular formula is C36H53N7O6. The molecular weight excluding hydrogens is 626 g/mol. The van der Waals surface area contributed by atoms with Crippen LogP contribution in [-0.4, -0.2) is 86.9 Å². The van der Waals surface area contributed by atoms with Crippen LogP contribution in [0.1, 0.15) is 115 Å². The number of carbonyl (C=O) groups excluding carboxylic acids is 6. The molecule has 4 fully saturated rings. The second kappa shape index (κ2) is 15.8. The average Bonchev–Trinajstić information content (AvgIpc) is 3.65. The van der Waals surface area contributed by atoms with Crippen LogP contribution in [0.15, 0.2) is 18.6 Å². The molecule has 0 spiro atoms. The zero-order valence-corrected chi connectivity index (χ0v) is 29.3. The Labute approximate surface area is 288 Å². The lowest BCUT2D eigenvalue weighted by Gasteiger charge is -2.38. The summed E-state index contributed by atoms with van der Waals surface area (Å²) in [7, 11) is 0. The average molecular weight is 680 g/mol. The van der Waals surface area contributed by atoms with E-state index >= 15 is 0 Å². The summed E-state index contributed by atoms with van der Waals surface area (Å²) in [6, 6.07) is -3.68. The summed E-state index contributed by atoms with van der Waals surface area (Å²) in [6.45, 7) is 7.85. The fourth-order valence-corrected chi connectivity index (χ4v) is 7.87. The van der Waals surface area contributed by atoms with E-state index in [1.807, 2.05) is 27.7 Å². The molecule has 5 amide bonds. The van der Waals surface area contributed by atoms with Crippen LogP contribution in [0, 0.1) is 23.2 Å². The van der Waals surface area contributed by atoms with E-state index < -0.39 is 59.0 Å². The fourth-order valence-electron chi connectivity index (χ4n) is 7.87. The maximum Gasteiger partial charge on any atom is 0.289 e. The van der Waals surface area contributed by atoms with Crippen molar-refractivity contribution in [2.45, 2.75) is 135 Å². The van der Waals surface area contributed by atoms with E-state index in [4.69, 9.17) is 0 Å². The highest BCUT2D eigenvalue weighted by atomic mass is 16.2. The van der Waals surface area contributed by atoms with Crippen molar-refractivity contribution in [3.8, 4) is 0 Å². The molecule has 1 saturated heterocycles. The van der Waals surface area contributed by atoms with Crippen LogP contribution >= 0.6 is 0 Å². The number of nitrogens with one attached hydrogen (secondary N) is 4. The van der Waals surface area contributed by atoms with E-state index in [0.29, 0.717) is 19.4 Å². The van der Waals surface area contributed by atoms with Gasteiger partial charge in [-0.2, -0.15) is 0 Å². The number of fused-ring (bicyclic) bond motifs is 1. The number of Topliss-reactive ketones (excluding diaryl/α,β-unsaturated/α-hetero) is 1. The largest absolute Gasteiger partial charge is 0.347 e. The van der Waals surface area contributed by atoms with Gasteiger partial charge in [0.05, 0.1) is 12.2 Å². The number of likely N-dealkylation sites (tertiary alicyclic amines) is 1. The molecule has 3 aliphatic carbocycles. The van der Waals surface area contributed by atoms with Crippen LogP contribution < -0.4 is 21.3 Å². The van der Waals surface area contributed by atoms with Gasteiger partial charge in [-0.15, -0.1) is 0 Å². The number of ketones is 1. The molecule has 13 nitrogen and oxygen atoms in total. The first-order valence-electron chi connectivity index (χ1n) is 18.2. The van der Waals surface area contributed by atoms with Gasteiger partial charge in [-0.3, -0.25) is 33.8 Å². The van der Waals surface area contributed by atoms with Crippen LogP contribution in [0.2, 0.25) is 0 Å². The van der Waals surface area contributed by atoms with Gasteiger partial charge in [-0.1, -0.05) is 59.8 Å². The minimum absolute atomic E-state index is 0.0132. The van der Waals surface area contributed by atoms with Gasteiger partial charge in [0.25, 0.3) is 11.8 Å². The molecule has 3 saturated carbocycles. The van der Waals surface area contributed by atoms with Crippen LogP contribution in [0.5, 0.6) is 0 Å². The van der Waals surface area contributed by atoms with Crippen LogP contribution in [0.4, 0.5) is 0 Å². The normalized spacial score (nSPS) is 24.2. The molecule has 1 aromatic rings. The number of nitrogens with zero attached hydrogens (tertiary/aromatic N) is 3. The highest BCUT2D eigenvalue weighted by Crippen LogP contribution is 2.43. The molecule has 1 unspecified atom stereocenters. The highest BCUT2D eigenvalue weighted by molar-refractivity contribution is 6.38. The van der Waals surface area contributed by atoms with E-state index in [9.17, 15) is 28.8 Å².